The Kier molecular flexibility index (Phi) is 2.83. The van der Waals surface area contributed by atoms with Crippen LogP contribution in [0.5, 0.6) is 0 Å². The number of carbonyl (C=O) groups excluding carboxylic acids is 2. The van der Waals surface area contributed by atoms with E-state index in [-0.39, 0.29) is 31.2 Å². The second-order valence-electron chi connectivity index (χ2n) is 4.69. The highest BCUT2D eigenvalue weighted by Crippen LogP contribution is 2.24. The highest BCUT2D eigenvalue weighted by molar-refractivity contribution is 6.01. The Labute approximate surface area is 110 Å². The lowest BCUT2D eigenvalue weighted by Crippen LogP contribution is -2.35. The molecule has 1 atom stereocenters. The summed E-state index contributed by atoms with van der Waals surface area (Å²) in [5.74, 6) is 0.279. The standard InChI is InChI=1S/C14H14N2O3/c15-10(8-16-13(17)5-6-14(16)18)12-7-9-3-1-2-4-11(9)19-12/h1-4,7,10H,5-6,8,15H2. The fourth-order valence-corrected chi connectivity index (χ4v) is 2.30. The molecule has 1 aromatic carbocycles. The SMILES string of the molecule is NC(CN1C(=O)CCC1=O)c1cc2ccccc2o1. The first kappa shape index (κ1) is 11.9. The van der Waals surface area contributed by atoms with Gasteiger partial charge in [0.05, 0.1) is 12.6 Å². The molecule has 2 aromatic rings. The number of furan rings is 1. The third-order valence-corrected chi connectivity index (χ3v) is 3.34. The van der Waals surface area contributed by atoms with Crippen LogP contribution in [0.4, 0.5) is 0 Å². The van der Waals surface area contributed by atoms with Crippen molar-refractivity contribution >= 4 is 22.8 Å². The average Bonchev–Trinajstić information content (AvgIpc) is 2.97. The summed E-state index contributed by atoms with van der Waals surface area (Å²) in [6.45, 7) is 0.178. The van der Waals surface area contributed by atoms with Crippen molar-refractivity contribution in [3.8, 4) is 0 Å². The summed E-state index contributed by atoms with van der Waals surface area (Å²) < 4.78 is 5.64. The maximum absolute atomic E-state index is 11.5. The molecule has 0 radical (unpaired) electrons. The van der Waals surface area contributed by atoms with Crippen LogP contribution in [0.3, 0.4) is 0 Å². The van der Waals surface area contributed by atoms with E-state index >= 15 is 0 Å². The molecule has 0 aliphatic carbocycles. The van der Waals surface area contributed by atoms with Crippen molar-refractivity contribution in [2.75, 3.05) is 6.54 Å². The molecule has 1 unspecified atom stereocenters. The Morgan fingerprint density at radius 3 is 2.58 bits per heavy atom. The monoisotopic (exact) mass is 258 g/mol. The van der Waals surface area contributed by atoms with E-state index in [0.717, 1.165) is 11.0 Å². The molecule has 1 aliphatic heterocycles. The van der Waals surface area contributed by atoms with Crippen LogP contribution in [0.2, 0.25) is 0 Å². The lowest BCUT2D eigenvalue weighted by atomic mass is 10.2. The molecule has 2 heterocycles. The van der Waals surface area contributed by atoms with Gasteiger partial charge in [-0.1, -0.05) is 18.2 Å². The van der Waals surface area contributed by atoms with Gasteiger partial charge in [0.2, 0.25) is 11.8 Å². The van der Waals surface area contributed by atoms with Gasteiger partial charge in [0.25, 0.3) is 0 Å². The molecule has 1 saturated heterocycles. The van der Waals surface area contributed by atoms with Crippen LogP contribution in [0, 0.1) is 0 Å². The van der Waals surface area contributed by atoms with E-state index in [0.29, 0.717) is 5.76 Å². The lowest BCUT2D eigenvalue weighted by molar-refractivity contribution is -0.138. The van der Waals surface area contributed by atoms with Crippen LogP contribution >= 0.6 is 0 Å². The first-order valence-corrected chi connectivity index (χ1v) is 6.22. The summed E-state index contributed by atoms with van der Waals surface area (Å²) in [7, 11) is 0. The second kappa shape index (κ2) is 4.51. The van der Waals surface area contributed by atoms with E-state index in [1.165, 1.54) is 4.90 Å². The van der Waals surface area contributed by atoms with E-state index < -0.39 is 6.04 Å². The number of rotatable bonds is 3. The van der Waals surface area contributed by atoms with Gasteiger partial charge in [-0.3, -0.25) is 14.5 Å². The van der Waals surface area contributed by atoms with Gasteiger partial charge in [-0.05, 0) is 12.1 Å². The topological polar surface area (TPSA) is 76.5 Å². The third kappa shape index (κ3) is 2.13. The Bertz CT molecular complexity index is 598. The molecule has 2 N–H and O–H groups in total. The average molecular weight is 258 g/mol. The van der Waals surface area contributed by atoms with E-state index in [9.17, 15) is 9.59 Å². The molecule has 3 rings (SSSR count). The summed E-state index contributed by atoms with van der Waals surface area (Å²) in [4.78, 5) is 24.3. The normalized spacial score (nSPS) is 17.4. The van der Waals surface area contributed by atoms with E-state index in [1.807, 2.05) is 30.3 Å². The van der Waals surface area contributed by atoms with Gasteiger partial charge >= 0.3 is 0 Å². The maximum atomic E-state index is 11.5. The number of amides is 2. The molecular formula is C14H14N2O3. The number of carbonyl (C=O) groups is 2. The predicted octanol–water partition coefficient (Wildman–Crippen LogP) is 1.58. The summed E-state index contributed by atoms with van der Waals surface area (Å²) >= 11 is 0. The molecule has 0 saturated carbocycles. The largest absolute Gasteiger partial charge is 0.459 e. The van der Waals surface area contributed by atoms with Crippen molar-refractivity contribution in [3.63, 3.8) is 0 Å². The predicted molar refractivity (Wildman–Crippen MR) is 69.1 cm³/mol. The number of hydrogen-bond acceptors (Lipinski definition) is 4. The third-order valence-electron chi connectivity index (χ3n) is 3.34. The van der Waals surface area contributed by atoms with Gasteiger partial charge in [-0.25, -0.2) is 0 Å². The molecule has 0 spiro atoms. The highest BCUT2D eigenvalue weighted by atomic mass is 16.3. The molecule has 19 heavy (non-hydrogen) atoms. The fourth-order valence-electron chi connectivity index (χ4n) is 2.30. The fraction of sp³-hybridized carbons (Fsp3) is 0.286. The molecule has 5 heteroatoms. The zero-order chi connectivity index (χ0) is 13.4. The van der Waals surface area contributed by atoms with Gasteiger partial charge in [0.1, 0.15) is 11.3 Å². The molecular weight excluding hydrogens is 244 g/mol. The number of imide groups is 1. The molecule has 1 aliphatic rings. The second-order valence-corrected chi connectivity index (χ2v) is 4.69. The molecule has 0 bridgehead atoms. The van der Waals surface area contributed by atoms with Crippen molar-refractivity contribution < 1.29 is 14.0 Å². The number of nitrogens with zero attached hydrogens (tertiary/aromatic N) is 1. The number of para-hydroxylation sites is 1. The maximum Gasteiger partial charge on any atom is 0.229 e. The first-order chi connectivity index (χ1) is 9.15. The van der Waals surface area contributed by atoms with Crippen LogP contribution < -0.4 is 5.73 Å². The summed E-state index contributed by atoms with van der Waals surface area (Å²) in [6.07, 6.45) is 0.567. The van der Waals surface area contributed by atoms with E-state index in [4.69, 9.17) is 10.2 Å². The quantitative estimate of drug-likeness (QED) is 0.848. The Hall–Kier alpha value is -2.14. The van der Waals surface area contributed by atoms with Gasteiger partial charge in [-0.2, -0.15) is 0 Å². The first-order valence-electron chi connectivity index (χ1n) is 6.22. The number of nitrogens with two attached hydrogens (primary N) is 1. The number of likely N-dealkylation sites (tertiary alicyclic amines) is 1. The van der Waals surface area contributed by atoms with Crippen molar-refractivity contribution in [2.24, 2.45) is 5.73 Å². The van der Waals surface area contributed by atoms with Gasteiger partial charge in [-0.15, -0.1) is 0 Å². The Balaban J connectivity index is 1.81. The van der Waals surface area contributed by atoms with E-state index in [1.54, 1.807) is 0 Å². The molecule has 5 nitrogen and oxygen atoms in total. The molecule has 1 aromatic heterocycles. The molecule has 98 valence electrons. The van der Waals surface area contributed by atoms with Crippen LogP contribution in [0.1, 0.15) is 24.6 Å². The molecule has 1 fully saturated rings. The zero-order valence-electron chi connectivity index (χ0n) is 10.3. The zero-order valence-corrected chi connectivity index (χ0v) is 10.3. The van der Waals surface area contributed by atoms with E-state index in [2.05, 4.69) is 0 Å². The van der Waals surface area contributed by atoms with Crippen molar-refractivity contribution in [2.45, 2.75) is 18.9 Å². The number of hydrogen-bond donors (Lipinski definition) is 1. The van der Waals surface area contributed by atoms with Gasteiger partial charge in [0, 0.05) is 18.2 Å². The van der Waals surface area contributed by atoms with Crippen LogP contribution in [0.25, 0.3) is 11.0 Å². The van der Waals surface area contributed by atoms with Crippen molar-refractivity contribution in [3.05, 3.63) is 36.1 Å². The van der Waals surface area contributed by atoms with Crippen LogP contribution in [-0.4, -0.2) is 23.3 Å². The summed E-state index contributed by atoms with van der Waals surface area (Å²) in [5.41, 5.74) is 6.78. The number of fused-ring (bicyclic) bond motifs is 1. The van der Waals surface area contributed by atoms with Crippen molar-refractivity contribution in [1.82, 2.24) is 4.90 Å². The summed E-state index contributed by atoms with van der Waals surface area (Å²) in [5, 5.41) is 0.965. The Morgan fingerprint density at radius 2 is 1.89 bits per heavy atom. The lowest BCUT2D eigenvalue weighted by Gasteiger charge is -2.17. The molecule has 2 amide bonds. The Morgan fingerprint density at radius 1 is 1.21 bits per heavy atom. The highest BCUT2D eigenvalue weighted by Gasteiger charge is 2.31. The van der Waals surface area contributed by atoms with Gasteiger partial charge in [0.15, 0.2) is 0 Å². The van der Waals surface area contributed by atoms with Crippen LogP contribution in [-0.2, 0) is 9.59 Å². The summed E-state index contributed by atoms with van der Waals surface area (Å²) in [6, 6.07) is 8.96. The van der Waals surface area contributed by atoms with Gasteiger partial charge < -0.3 is 10.2 Å². The van der Waals surface area contributed by atoms with Crippen LogP contribution in [0.15, 0.2) is 34.7 Å². The minimum absolute atomic E-state index is 0.156. The minimum atomic E-state index is -0.488. The minimum Gasteiger partial charge on any atom is -0.459 e. The smallest absolute Gasteiger partial charge is 0.229 e. The van der Waals surface area contributed by atoms with Crippen molar-refractivity contribution in [1.29, 1.82) is 0 Å². The number of benzene rings is 1.